The van der Waals surface area contributed by atoms with E-state index in [1.165, 1.54) is 0 Å². The molecule has 196 valence electrons. The molecule has 5 heteroatoms. The highest BCUT2D eigenvalue weighted by atomic mass is 16.5. The Labute approximate surface area is 225 Å². The third kappa shape index (κ3) is 7.22. The van der Waals surface area contributed by atoms with E-state index in [9.17, 15) is 9.59 Å². The topological polar surface area (TPSA) is 58.6 Å². The molecule has 0 aromatic heterocycles. The zero-order valence-corrected chi connectivity index (χ0v) is 22.2. The standard InChI is InChI=1S/C33H36N2O3/c1-3-4-20-34-33(37)30(22-26-13-6-5-7-14-26)35(23-27-15-10-12-25(2)21-27)32(36)24-38-31-19-11-17-28-16-8-9-18-29(28)31/h5-19,21,30H,3-4,20,22-24H2,1-2H3,(H,34,37)/t30-/m1/s1. The zero-order chi connectivity index (χ0) is 26.7. The molecule has 0 saturated carbocycles. The van der Waals surface area contributed by atoms with Gasteiger partial charge in [-0.3, -0.25) is 9.59 Å². The van der Waals surface area contributed by atoms with E-state index in [2.05, 4.69) is 18.3 Å². The maximum Gasteiger partial charge on any atom is 0.261 e. The summed E-state index contributed by atoms with van der Waals surface area (Å²) in [4.78, 5) is 29.0. The molecule has 38 heavy (non-hydrogen) atoms. The van der Waals surface area contributed by atoms with Gasteiger partial charge in [-0.15, -0.1) is 0 Å². The lowest BCUT2D eigenvalue weighted by Gasteiger charge is -2.31. The minimum absolute atomic E-state index is 0.145. The van der Waals surface area contributed by atoms with Gasteiger partial charge in [-0.05, 0) is 35.9 Å². The molecule has 0 bridgehead atoms. The molecule has 0 unspecified atom stereocenters. The Balaban J connectivity index is 1.63. The van der Waals surface area contributed by atoms with Gasteiger partial charge in [0.15, 0.2) is 6.61 Å². The van der Waals surface area contributed by atoms with Crippen LogP contribution in [-0.4, -0.2) is 35.9 Å². The Hall–Kier alpha value is -4.12. The van der Waals surface area contributed by atoms with Gasteiger partial charge in [-0.1, -0.05) is 110 Å². The van der Waals surface area contributed by atoms with Gasteiger partial charge in [0, 0.05) is 24.9 Å². The largest absolute Gasteiger partial charge is 0.483 e. The van der Waals surface area contributed by atoms with E-state index in [-0.39, 0.29) is 18.4 Å². The lowest BCUT2D eigenvalue weighted by molar-refractivity contribution is -0.142. The van der Waals surface area contributed by atoms with Crippen LogP contribution in [0.25, 0.3) is 10.8 Å². The van der Waals surface area contributed by atoms with Crippen molar-refractivity contribution in [1.82, 2.24) is 10.2 Å². The van der Waals surface area contributed by atoms with Crippen LogP contribution in [-0.2, 0) is 22.6 Å². The second-order valence-corrected chi connectivity index (χ2v) is 9.63. The van der Waals surface area contributed by atoms with Crippen molar-refractivity contribution in [2.45, 2.75) is 45.7 Å². The van der Waals surface area contributed by atoms with E-state index in [4.69, 9.17) is 4.74 Å². The van der Waals surface area contributed by atoms with Gasteiger partial charge in [0.05, 0.1) is 0 Å². The van der Waals surface area contributed by atoms with Crippen LogP contribution in [0, 0.1) is 6.92 Å². The Morgan fingerprint density at radius 3 is 2.37 bits per heavy atom. The van der Waals surface area contributed by atoms with Gasteiger partial charge >= 0.3 is 0 Å². The van der Waals surface area contributed by atoms with E-state index in [0.29, 0.717) is 25.3 Å². The van der Waals surface area contributed by atoms with Crippen LogP contribution in [0.4, 0.5) is 0 Å². The van der Waals surface area contributed by atoms with Crippen molar-refractivity contribution in [1.29, 1.82) is 0 Å². The first kappa shape index (κ1) is 26.9. The van der Waals surface area contributed by atoms with Crippen molar-refractivity contribution in [3.8, 4) is 5.75 Å². The molecule has 0 radical (unpaired) electrons. The number of ether oxygens (including phenoxy) is 1. The van der Waals surface area contributed by atoms with E-state index in [1.807, 2.05) is 97.9 Å². The number of fused-ring (bicyclic) bond motifs is 1. The first-order valence-electron chi connectivity index (χ1n) is 13.3. The van der Waals surface area contributed by atoms with Gasteiger partial charge in [-0.2, -0.15) is 0 Å². The Morgan fingerprint density at radius 1 is 0.868 bits per heavy atom. The number of nitrogens with one attached hydrogen (secondary N) is 1. The Morgan fingerprint density at radius 2 is 1.58 bits per heavy atom. The number of amides is 2. The quantitative estimate of drug-likeness (QED) is 0.236. The molecule has 5 nitrogen and oxygen atoms in total. The molecule has 2 amide bonds. The minimum atomic E-state index is -0.668. The summed E-state index contributed by atoms with van der Waals surface area (Å²) in [7, 11) is 0. The molecular weight excluding hydrogens is 472 g/mol. The van der Waals surface area contributed by atoms with Crippen LogP contribution in [0.3, 0.4) is 0 Å². The number of carbonyl (C=O) groups excluding carboxylic acids is 2. The predicted octanol–water partition coefficient (Wildman–Crippen LogP) is 6.08. The molecule has 0 aliphatic carbocycles. The second-order valence-electron chi connectivity index (χ2n) is 9.63. The number of hydrogen-bond donors (Lipinski definition) is 1. The van der Waals surface area contributed by atoms with Crippen LogP contribution < -0.4 is 10.1 Å². The van der Waals surface area contributed by atoms with Gasteiger partial charge in [0.25, 0.3) is 5.91 Å². The smallest absolute Gasteiger partial charge is 0.261 e. The molecule has 0 spiro atoms. The van der Waals surface area contributed by atoms with Crippen LogP contribution >= 0.6 is 0 Å². The molecule has 0 saturated heterocycles. The average Bonchev–Trinajstić information content (AvgIpc) is 2.94. The van der Waals surface area contributed by atoms with Crippen molar-refractivity contribution in [2.75, 3.05) is 13.2 Å². The van der Waals surface area contributed by atoms with Gasteiger partial charge in [-0.25, -0.2) is 0 Å². The highest BCUT2D eigenvalue weighted by molar-refractivity contribution is 5.90. The summed E-state index contributed by atoms with van der Waals surface area (Å²) in [6.45, 7) is 4.86. The fourth-order valence-electron chi connectivity index (χ4n) is 4.61. The van der Waals surface area contributed by atoms with E-state index >= 15 is 0 Å². The van der Waals surface area contributed by atoms with Crippen molar-refractivity contribution >= 4 is 22.6 Å². The van der Waals surface area contributed by atoms with E-state index in [1.54, 1.807) is 4.90 Å². The number of benzene rings is 4. The fourth-order valence-corrected chi connectivity index (χ4v) is 4.61. The Kier molecular flexibility index (Phi) is 9.52. The molecule has 4 rings (SSSR count). The van der Waals surface area contributed by atoms with Crippen LogP contribution in [0.5, 0.6) is 5.75 Å². The number of unbranched alkanes of at least 4 members (excludes halogenated alkanes) is 1. The number of carbonyl (C=O) groups is 2. The summed E-state index contributed by atoms with van der Waals surface area (Å²) in [6, 6.07) is 31.0. The lowest BCUT2D eigenvalue weighted by atomic mass is 10.0. The van der Waals surface area contributed by atoms with Crippen molar-refractivity contribution in [3.63, 3.8) is 0 Å². The highest BCUT2D eigenvalue weighted by Crippen LogP contribution is 2.25. The molecule has 1 atom stereocenters. The third-order valence-electron chi connectivity index (χ3n) is 6.64. The first-order chi connectivity index (χ1) is 18.5. The molecule has 4 aromatic rings. The zero-order valence-electron chi connectivity index (χ0n) is 22.2. The number of nitrogens with zero attached hydrogens (tertiary/aromatic N) is 1. The van der Waals surface area contributed by atoms with Gasteiger partial charge < -0.3 is 15.0 Å². The van der Waals surface area contributed by atoms with Crippen molar-refractivity contribution < 1.29 is 14.3 Å². The molecular formula is C33H36N2O3. The van der Waals surface area contributed by atoms with Gasteiger partial charge in [0.1, 0.15) is 11.8 Å². The number of aryl methyl sites for hydroxylation is 1. The molecule has 0 heterocycles. The first-order valence-corrected chi connectivity index (χ1v) is 13.3. The van der Waals surface area contributed by atoms with Crippen molar-refractivity contribution in [3.05, 3.63) is 114 Å². The van der Waals surface area contributed by atoms with Crippen LogP contribution in [0.1, 0.15) is 36.5 Å². The molecule has 0 aliphatic rings. The monoisotopic (exact) mass is 508 g/mol. The maximum absolute atomic E-state index is 13.8. The SMILES string of the molecule is CCCCNC(=O)[C@@H](Cc1ccccc1)N(Cc1cccc(C)c1)C(=O)COc1cccc2ccccc12. The van der Waals surface area contributed by atoms with Gasteiger partial charge in [0.2, 0.25) is 5.91 Å². The number of hydrogen-bond acceptors (Lipinski definition) is 3. The van der Waals surface area contributed by atoms with E-state index in [0.717, 1.165) is 40.3 Å². The Bertz CT molecular complexity index is 1350. The second kappa shape index (κ2) is 13.4. The predicted molar refractivity (Wildman–Crippen MR) is 153 cm³/mol. The molecule has 4 aromatic carbocycles. The maximum atomic E-state index is 13.8. The lowest BCUT2D eigenvalue weighted by Crippen LogP contribution is -2.51. The molecule has 0 aliphatic heterocycles. The van der Waals surface area contributed by atoms with Crippen LogP contribution in [0.2, 0.25) is 0 Å². The summed E-state index contributed by atoms with van der Waals surface area (Å²) in [5.41, 5.74) is 3.08. The summed E-state index contributed by atoms with van der Waals surface area (Å²) in [5, 5.41) is 5.06. The molecule has 1 N–H and O–H groups in total. The highest BCUT2D eigenvalue weighted by Gasteiger charge is 2.30. The molecule has 0 fully saturated rings. The number of rotatable bonds is 12. The minimum Gasteiger partial charge on any atom is -0.483 e. The summed E-state index contributed by atoms with van der Waals surface area (Å²) >= 11 is 0. The summed E-state index contributed by atoms with van der Waals surface area (Å²) in [6.07, 6.45) is 2.29. The average molecular weight is 509 g/mol. The van der Waals surface area contributed by atoms with E-state index < -0.39 is 6.04 Å². The normalized spacial score (nSPS) is 11.6. The summed E-state index contributed by atoms with van der Waals surface area (Å²) < 4.78 is 6.08. The van der Waals surface area contributed by atoms with Crippen LogP contribution in [0.15, 0.2) is 97.1 Å². The third-order valence-corrected chi connectivity index (χ3v) is 6.64. The fraction of sp³-hybridized carbons (Fsp3) is 0.273. The van der Waals surface area contributed by atoms with Crippen molar-refractivity contribution in [2.24, 2.45) is 0 Å². The summed E-state index contributed by atoms with van der Waals surface area (Å²) in [5.74, 6) is 0.276.